The number of rotatable bonds is 9. The third kappa shape index (κ3) is 7.67. The lowest BCUT2D eigenvalue weighted by Gasteiger charge is -2.34. The van der Waals surface area contributed by atoms with Crippen molar-refractivity contribution >= 4 is 54.6 Å². The molecule has 2 aliphatic heterocycles. The second-order valence-electron chi connectivity index (χ2n) is 8.10. The first-order valence-electron chi connectivity index (χ1n) is 11.1. The summed E-state index contributed by atoms with van der Waals surface area (Å²) < 4.78 is 5.76. The Morgan fingerprint density at radius 3 is 2.26 bits per heavy atom. The van der Waals surface area contributed by atoms with Crippen molar-refractivity contribution in [1.82, 2.24) is 19.7 Å². The van der Waals surface area contributed by atoms with Crippen LogP contribution >= 0.6 is 36.4 Å². The van der Waals surface area contributed by atoms with Gasteiger partial charge in [0.15, 0.2) is 0 Å². The number of furan rings is 1. The molecule has 35 heavy (non-hydrogen) atoms. The molecule has 2 fully saturated rings. The zero-order chi connectivity index (χ0) is 23.2. The summed E-state index contributed by atoms with van der Waals surface area (Å²) >= 11 is 5.92. The minimum absolute atomic E-state index is 0. The number of hydrogen-bond donors (Lipinski definition) is 1. The van der Waals surface area contributed by atoms with Crippen LogP contribution in [0.3, 0.4) is 0 Å². The average Bonchev–Trinajstić information content (AvgIpc) is 3.39. The van der Waals surface area contributed by atoms with Crippen molar-refractivity contribution in [2.45, 2.75) is 6.42 Å². The van der Waals surface area contributed by atoms with Crippen LogP contribution in [0.5, 0.6) is 0 Å². The maximum Gasteiger partial charge on any atom is 0.347 e. The van der Waals surface area contributed by atoms with Crippen LogP contribution < -0.4 is 0 Å². The fourth-order valence-electron chi connectivity index (χ4n) is 3.99. The van der Waals surface area contributed by atoms with E-state index < -0.39 is 6.03 Å². The van der Waals surface area contributed by atoms with Crippen LogP contribution in [0.25, 0.3) is 11.3 Å². The minimum atomic E-state index is -0.409. The number of imide groups is 1. The summed E-state index contributed by atoms with van der Waals surface area (Å²) in [5.41, 5.74) is 0.882. The Hall–Kier alpha value is -2.14. The van der Waals surface area contributed by atoms with Crippen molar-refractivity contribution in [3.8, 4) is 11.3 Å². The van der Waals surface area contributed by atoms with Gasteiger partial charge < -0.3 is 14.4 Å². The first-order valence-corrected chi connectivity index (χ1v) is 11.5. The number of carbonyl (C=O) groups is 2. The zero-order valence-electron chi connectivity index (χ0n) is 19.2. The SMILES string of the molecule is Cl.Cl.O=C1CN(/N=C/c2ccc(-c3ccc(Cl)cc3)o2)C(=O)N1CCCN1CCN(CCO)CC1. The van der Waals surface area contributed by atoms with Crippen molar-refractivity contribution < 1.29 is 19.1 Å². The van der Waals surface area contributed by atoms with Crippen molar-refractivity contribution in [3.63, 3.8) is 0 Å². The van der Waals surface area contributed by atoms with E-state index >= 15 is 0 Å². The van der Waals surface area contributed by atoms with Crippen LogP contribution in [0.15, 0.2) is 45.9 Å². The van der Waals surface area contributed by atoms with Crippen LogP contribution in [0.2, 0.25) is 5.02 Å². The molecule has 192 valence electrons. The molecule has 0 saturated carbocycles. The Labute approximate surface area is 222 Å². The number of β-amino-alcohol motifs (C(OH)–C–C–N with tert-alkyl or cyclic N) is 1. The lowest BCUT2D eigenvalue weighted by molar-refractivity contribution is -0.125. The highest BCUT2D eigenvalue weighted by molar-refractivity contribution is 6.30. The topological polar surface area (TPSA) is 92.8 Å². The van der Waals surface area contributed by atoms with E-state index in [1.165, 1.54) is 16.1 Å². The van der Waals surface area contributed by atoms with Gasteiger partial charge in [-0.1, -0.05) is 11.6 Å². The number of carbonyl (C=O) groups excluding carboxylic acids is 2. The predicted octanol–water partition coefficient (Wildman–Crippen LogP) is 3.04. The van der Waals surface area contributed by atoms with Gasteiger partial charge in [0.2, 0.25) is 0 Å². The lowest BCUT2D eigenvalue weighted by Crippen LogP contribution is -2.47. The first-order chi connectivity index (χ1) is 16.0. The average molecular weight is 547 g/mol. The second kappa shape index (κ2) is 13.8. The molecule has 9 nitrogen and oxygen atoms in total. The lowest BCUT2D eigenvalue weighted by atomic mass is 10.2. The Morgan fingerprint density at radius 1 is 0.943 bits per heavy atom. The number of urea groups is 1. The third-order valence-corrected chi connectivity index (χ3v) is 6.11. The number of piperazine rings is 1. The van der Waals surface area contributed by atoms with Crippen LogP contribution in [0.4, 0.5) is 4.79 Å². The summed E-state index contributed by atoms with van der Waals surface area (Å²) in [6, 6.07) is 10.5. The van der Waals surface area contributed by atoms with E-state index in [1.54, 1.807) is 18.2 Å². The van der Waals surface area contributed by atoms with Gasteiger partial charge >= 0.3 is 6.03 Å². The molecular formula is C23H30Cl3N5O4. The van der Waals surface area contributed by atoms with E-state index in [4.69, 9.17) is 21.1 Å². The number of aliphatic hydroxyl groups is 1. The van der Waals surface area contributed by atoms with Gasteiger partial charge in [-0.25, -0.2) is 9.80 Å². The summed E-state index contributed by atoms with van der Waals surface area (Å²) in [7, 11) is 0. The normalized spacial score (nSPS) is 17.2. The molecule has 4 rings (SSSR count). The molecule has 0 radical (unpaired) electrons. The summed E-state index contributed by atoms with van der Waals surface area (Å²) in [6.07, 6.45) is 2.16. The smallest absolute Gasteiger partial charge is 0.347 e. The van der Waals surface area contributed by atoms with Crippen molar-refractivity contribution in [3.05, 3.63) is 47.2 Å². The summed E-state index contributed by atoms with van der Waals surface area (Å²) in [5.74, 6) is 0.904. The fourth-order valence-corrected chi connectivity index (χ4v) is 4.11. The summed E-state index contributed by atoms with van der Waals surface area (Å²) in [6.45, 7) is 5.74. The van der Waals surface area contributed by atoms with Gasteiger partial charge in [-0.2, -0.15) is 5.10 Å². The van der Waals surface area contributed by atoms with Crippen LogP contribution in [0.1, 0.15) is 12.2 Å². The second-order valence-corrected chi connectivity index (χ2v) is 8.54. The molecule has 1 aromatic carbocycles. The van der Waals surface area contributed by atoms with Gasteiger partial charge in [0.25, 0.3) is 5.91 Å². The number of hydrogen-bond acceptors (Lipinski definition) is 7. The number of nitrogens with zero attached hydrogens (tertiary/aromatic N) is 5. The van der Waals surface area contributed by atoms with Crippen LogP contribution in [-0.2, 0) is 4.79 Å². The Morgan fingerprint density at radius 2 is 1.60 bits per heavy atom. The Kier molecular flexibility index (Phi) is 11.5. The molecule has 2 saturated heterocycles. The predicted molar refractivity (Wildman–Crippen MR) is 140 cm³/mol. The van der Waals surface area contributed by atoms with E-state index in [2.05, 4.69) is 14.9 Å². The molecule has 2 aromatic rings. The molecule has 1 aromatic heterocycles. The van der Waals surface area contributed by atoms with E-state index in [0.717, 1.165) is 44.7 Å². The van der Waals surface area contributed by atoms with Gasteiger partial charge in [-0.15, -0.1) is 24.8 Å². The standard InChI is InChI=1S/C23H28ClN5O4.2ClH/c24-19-4-2-18(3-5-19)21-7-6-20(33-21)16-25-29-17-22(31)28(23(29)32)9-1-8-26-10-12-27(13-11-26)14-15-30;;/h2-7,16,30H,1,8-15,17H2;2*1H/b25-16+;;. The monoisotopic (exact) mass is 545 g/mol. The van der Waals surface area contributed by atoms with E-state index in [9.17, 15) is 9.59 Å². The molecule has 0 atom stereocenters. The quantitative estimate of drug-likeness (QED) is 0.384. The van der Waals surface area contributed by atoms with Crippen molar-refractivity contribution in [2.75, 3.05) is 59.0 Å². The highest BCUT2D eigenvalue weighted by atomic mass is 35.5. The number of aliphatic hydroxyl groups excluding tert-OH is 1. The molecule has 0 spiro atoms. The van der Waals surface area contributed by atoms with Crippen LogP contribution in [0, 0.1) is 0 Å². The summed E-state index contributed by atoms with van der Waals surface area (Å²) in [5, 5.41) is 15.0. The molecule has 0 unspecified atom stereocenters. The molecule has 12 heteroatoms. The Balaban J connectivity index is 0.00000216. The maximum absolute atomic E-state index is 12.6. The van der Waals surface area contributed by atoms with Gasteiger partial charge in [-0.05, 0) is 49.4 Å². The van der Waals surface area contributed by atoms with E-state index in [-0.39, 0.29) is 43.9 Å². The van der Waals surface area contributed by atoms with Gasteiger partial charge in [0.05, 0.1) is 12.8 Å². The van der Waals surface area contributed by atoms with E-state index in [1.807, 2.05) is 18.2 Å². The molecule has 0 bridgehead atoms. The fraction of sp³-hybridized carbons (Fsp3) is 0.435. The molecule has 0 aliphatic carbocycles. The van der Waals surface area contributed by atoms with Gasteiger partial charge in [0, 0.05) is 49.9 Å². The highest BCUT2D eigenvalue weighted by Crippen LogP contribution is 2.23. The van der Waals surface area contributed by atoms with E-state index in [0.29, 0.717) is 29.6 Å². The molecule has 2 aliphatic rings. The highest BCUT2D eigenvalue weighted by Gasteiger charge is 2.35. The minimum Gasteiger partial charge on any atom is -0.455 e. The largest absolute Gasteiger partial charge is 0.455 e. The summed E-state index contributed by atoms with van der Waals surface area (Å²) in [4.78, 5) is 30.8. The number of hydrazone groups is 1. The molecule has 3 heterocycles. The third-order valence-electron chi connectivity index (χ3n) is 5.85. The number of benzene rings is 1. The van der Waals surface area contributed by atoms with Crippen molar-refractivity contribution in [2.24, 2.45) is 5.10 Å². The zero-order valence-corrected chi connectivity index (χ0v) is 21.6. The number of halogens is 3. The molecular weight excluding hydrogens is 517 g/mol. The Bertz CT molecular complexity index is 993. The van der Waals surface area contributed by atoms with Gasteiger partial charge in [0.1, 0.15) is 18.1 Å². The maximum atomic E-state index is 12.6. The first kappa shape index (κ1) is 29.1. The molecule has 3 amide bonds. The van der Waals surface area contributed by atoms with Crippen molar-refractivity contribution in [1.29, 1.82) is 0 Å². The number of amides is 3. The van der Waals surface area contributed by atoms with Crippen LogP contribution in [-0.4, -0.2) is 102 Å². The van der Waals surface area contributed by atoms with Gasteiger partial charge in [-0.3, -0.25) is 14.6 Å². The molecule has 1 N–H and O–H groups in total.